The van der Waals surface area contributed by atoms with Crippen LogP contribution < -0.4 is 5.56 Å². The zero-order valence-corrected chi connectivity index (χ0v) is 16.3. The van der Waals surface area contributed by atoms with E-state index in [-0.39, 0.29) is 17.9 Å². The van der Waals surface area contributed by atoms with E-state index in [0.717, 1.165) is 12.0 Å². The zero-order chi connectivity index (χ0) is 20.3. The lowest BCUT2D eigenvalue weighted by molar-refractivity contribution is -0.135. The summed E-state index contributed by atoms with van der Waals surface area (Å²) in [4.78, 5) is 31.4. The van der Waals surface area contributed by atoms with E-state index in [0.29, 0.717) is 43.6 Å². The van der Waals surface area contributed by atoms with Gasteiger partial charge in [-0.3, -0.25) is 14.0 Å². The van der Waals surface area contributed by atoms with Crippen LogP contribution in [0.15, 0.2) is 65.7 Å². The number of hydrogen-bond acceptors (Lipinski definition) is 4. The summed E-state index contributed by atoms with van der Waals surface area (Å²) in [6.45, 7) is 1.01. The third kappa shape index (κ3) is 4.38. The Bertz CT molecular complexity index is 1050. The van der Waals surface area contributed by atoms with Gasteiger partial charge in [0, 0.05) is 43.9 Å². The molecule has 0 unspecified atom stereocenters. The van der Waals surface area contributed by atoms with Crippen LogP contribution in [-0.4, -0.2) is 44.0 Å². The largest absolute Gasteiger partial charge is 0.389 e. The second-order valence-electron chi connectivity index (χ2n) is 7.78. The molecule has 0 spiro atoms. The SMILES string of the molecule is O=C(CCc1ccccc1)N1CCC(O)(Cc2cnc3ccccn3c2=O)CC1. The third-order valence-electron chi connectivity index (χ3n) is 5.72. The Kier molecular flexibility index (Phi) is 5.45. The Morgan fingerprint density at radius 3 is 2.55 bits per heavy atom. The van der Waals surface area contributed by atoms with Gasteiger partial charge in [-0.15, -0.1) is 0 Å². The van der Waals surface area contributed by atoms with Gasteiger partial charge in [0.25, 0.3) is 5.56 Å². The van der Waals surface area contributed by atoms with E-state index in [1.54, 1.807) is 24.5 Å². The molecule has 6 heteroatoms. The van der Waals surface area contributed by atoms with E-state index >= 15 is 0 Å². The molecule has 1 N–H and O–H groups in total. The first kappa shape index (κ1) is 19.3. The van der Waals surface area contributed by atoms with Gasteiger partial charge in [0.05, 0.1) is 5.60 Å². The van der Waals surface area contributed by atoms with Crippen molar-refractivity contribution in [2.24, 2.45) is 0 Å². The highest BCUT2D eigenvalue weighted by atomic mass is 16.3. The first-order chi connectivity index (χ1) is 14.0. The lowest BCUT2D eigenvalue weighted by atomic mass is 9.86. The van der Waals surface area contributed by atoms with Gasteiger partial charge in [-0.25, -0.2) is 4.98 Å². The molecule has 3 heterocycles. The maximum absolute atomic E-state index is 12.7. The normalized spacial score (nSPS) is 16.1. The van der Waals surface area contributed by atoms with E-state index < -0.39 is 5.60 Å². The number of amides is 1. The van der Waals surface area contributed by atoms with Crippen LogP contribution in [0.2, 0.25) is 0 Å². The van der Waals surface area contributed by atoms with E-state index in [2.05, 4.69) is 4.98 Å². The molecule has 150 valence electrons. The maximum atomic E-state index is 12.7. The molecule has 1 fully saturated rings. The molecule has 3 aromatic rings. The van der Waals surface area contributed by atoms with Crippen molar-refractivity contribution in [3.8, 4) is 0 Å². The fourth-order valence-corrected chi connectivity index (χ4v) is 3.94. The van der Waals surface area contributed by atoms with Crippen molar-refractivity contribution in [3.63, 3.8) is 0 Å². The second kappa shape index (κ2) is 8.17. The van der Waals surface area contributed by atoms with Crippen molar-refractivity contribution in [2.45, 2.75) is 37.7 Å². The molecule has 1 aliphatic rings. The Hall–Kier alpha value is -2.99. The monoisotopic (exact) mass is 391 g/mol. The van der Waals surface area contributed by atoms with Gasteiger partial charge in [0.15, 0.2) is 0 Å². The lowest BCUT2D eigenvalue weighted by Crippen LogP contribution is -2.48. The number of carbonyl (C=O) groups excluding carboxylic acids is 1. The maximum Gasteiger partial charge on any atom is 0.261 e. The van der Waals surface area contributed by atoms with Crippen LogP contribution in [0.1, 0.15) is 30.4 Å². The van der Waals surface area contributed by atoms with Crippen molar-refractivity contribution in [2.75, 3.05) is 13.1 Å². The van der Waals surface area contributed by atoms with Crippen LogP contribution in [0.5, 0.6) is 0 Å². The molecule has 1 aromatic carbocycles. The minimum atomic E-state index is -0.986. The Morgan fingerprint density at radius 1 is 1.07 bits per heavy atom. The summed E-state index contributed by atoms with van der Waals surface area (Å²) in [6.07, 6.45) is 5.61. The second-order valence-corrected chi connectivity index (χ2v) is 7.78. The van der Waals surface area contributed by atoms with Gasteiger partial charge in [-0.1, -0.05) is 36.4 Å². The molecule has 0 aliphatic carbocycles. The molecular weight excluding hydrogens is 366 g/mol. The van der Waals surface area contributed by atoms with Crippen LogP contribution in [0, 0.1) is 0 Å². The lowest BCUT2D eigenvalue weighted by Gasteiger charge is -2.38. The predicted octanol–water partition coefficient (Wildman–Crippen LogP) is 2.22. The summed E-state index contributed by atoms with van der Waals surface area (Å²) < 4.78 is 1.50. The van der Waals surface area contributed by atoms with Gasteiger partial charge >= 0.3 is 0 Å². The van der Waals surface area contributed by atoms with Crippen LogP contribution >= 0.6 is 0 Å². The zero-order valence-electron chi connectivity index (χ0n) is 16.3. The number of carbonyl (C=O) groups is 1. The van der Waals surface area contributed by atoms with Crippen molar-refractivity contribution in [3.05, 3.63) is 82.4 Å². The summed E-state index contributed by atoms with van der Waals surface area (Å²) in [5.74, 6) is 0.114. The minimum absolute atomic E-state index is 0.114. The van der Waals surface area contributed by atoms with Crippen LogP contribution in [0.3, 0.4) is 0 Å². The molecule has 4 rings (SSSR count). The van der Waals surface area contributed by atoms with E-state index in [9.17, 15) is 14.7 Å². The van der Waals surface area contributed by atoms with E-state index in [1.165, 1.54) is 4.40 Å². The number of pyridine rings is 1. The first-order valence-corrected chi connectivity index (χ1v) is 10.0. The molecule has 1 aliphatic heterocycles. The van der Waals surface area contributed by atoms with E-state index in [1.807, 2.05) is 41.3 Å². The number of aromatic nitrogens is 2. The molecule has 29 heavy (non-hydrogen) atoms. The van der Waals surface area contributed by atoms with Gasteiger partial charge in [0.1, 0.15) is 5.65 Å². The minimum Gasteiger partial charge on any atom is -0.389 e. The number of nitrogens with zero attached hydrogens (tertiary/aromatic N) is 3. The molecule has 0 saturated carbocycles. The van der Waals surface area contributed by atoms with Crippen molar-refractivity contribution in [1.82, 2.24) is 14.3 Å². The van der Waals surface area contributed by atoms with Gasteiger partial charge in [-0.2, -0.15) is 0 Å². The number of hydrogen-bond donors (Lipinski definition) is 1. The van der Waals surface area contributed by atoms with Gasteiger partial charge in [0.2, 0.25) is 5.91 Å². The van der Waals surface area contributed by atoms with Gasteiger partial charge < -0.3 is 10.0 Å². The smallest absolute Gasteiger partial charge is 0.261 e. The fourth-order valence-electron chi connectivity index (χ4n) is 3.94. The van der Waals surface area contributed by atoms with Crippen molar-refractivity contribution >= 4 is 11.6 Å². The summed E-state index contributed by atoms with van der Waals surface area (Å²) in [5, 5.41) is 11.0. The number of aryl methyl sites for hydroxylation is 1. The molecule has 2 aromatic heterocycles. The Balaban J connectivity index is 1.36. The number of fused-ring (bicyclic) bond motifs is 1. The fraction of sp³-hybridized carbons (Fsp3) is 0.348. The van der Waals surface area contributed by atoms with Crippen molar-refractivity contribution < 1.29 is 9.90 Å². The molecule has 6 nitrogen and oxygen atoms in total. The Labute approximate surface area is 169 Å². The van der Waals surface area contributed by atoms with Crippen LogP contribution in [0.25, 0.3) is 5.65 Å². The highest BCUT2D eigenvalue weighted by molar-refractivity contribution is 5.76. The van der Waals surface area contributed by atoms with Gasteiger partial charge in [-0.05, 0) is 37.0 Å². The topological polar surface area (TPSA) is 74.9 Å². The number of aliphatic hydroxyl groups is 1. The van der Waals surface area contributed by atoms with Crippen LogP contribution in [-0.2, 0) is 17.6 Å². The summed E-state index contributed by atoms with van der Waals surface area (Å²) >= 11 is 0. The van der Waals surface area contributed by atoms with E-state index in [4.69, 9.17) is 0 Å². The molecule has 0 radical (unpaired) electrons. The molecule has 1 amide bonds. The highest BCUT2D eigenvalue weighted by Crippen LogP contribution is 2.26. The number of piperidine rings is 1. The average Bonchev–Trinajstić information content (AvgIpc) is 2.75. The summed E-state index contributed by atoms with van der Waals surface area (Å²) in [5.41, 5.74) is 1.11. The number of likely N-dealkylation sites (tertiary alicyclic amines) is 1. The summed E-state index contributed by atoms with van der Waals surface area (Å²) in [7, 11) is 0. The first-order valence-electron chi connectivity index (χ1n) is 10.0. The predicted molar refractivity (Wildman–Crippen MR) is 111 cm³/mol. The number of benzene rings is 1. The van der Waals surface area contributed by atoms with Crippen LogP contribution in [0.4, 0.5) is 0 Å². The molecule has 0 bridgehead atoms. The quantitative estimate of drug-likeness (QED) is 0.724. The molecular formula is C23H25N3O3. The Morgan fingerprint density at radius 2 is 1.79 bits per heavy atom. The molecule has 0 atom stereocenters. The molecule has 1 saturated heterocycles. The van der Waals surface area contributed by atoms with Crippen molar-refractivity contribution in [1.29, 1.82) is 0 Å². The highest BCUT2D eigenvalue weighted by Gasteiger charge is 2.34. The number of rotatable bonds is 5. The average molecular weight is 391 g/mol. The summed E-state index contributed by atoms with van der Waals surface area (Å²) in [6, 6.07) is 15.4. The standard InChI is InChI=1S/C23H25N3O3/c27-21(10-9-18-6-2-1-3-7-18)25-14-11-23(29,12-15-25)16-19-17-24-20-8-4-5-13-26(20)22(19)28/h1-8,13,17,29H,9-12,14-16H2. The third-order valence-corrected chi connectivity index (χ3v) is 5.72.